The third-order valence-corrected chi connectivity index (χ3v) is 4.02. The monoisotopic (exact) mass is 302 g/mol. The average molecular weight is 303 g/mol. The summed E-state index contributed by atoms with van der Waals surface area (Å²) in [7, 11) is 0. The van der Waals surface area contributed by atoms with E-state index in [-0.39, 0.29) is 27.8 Å². The number of rotatable bonds is 3. The van der Waals surface area contributed by atoms with E-state index < -0.39 is 5.82 Å². The van der Waals surface area contributed by atoms with E-state index >= 15 is 0 Å². The molecule has 19 heavy (non-hydrogen) atoms. The molecule has 1 saturated heterocycles. The van der Waals surface area contributed by atoms with Gasteiger partial charge in [0.25, 0.3) is 0 Å². The van der Waals surface area contributed by atoms with Crippen LogP contribution in [0.3, 0.4) is 0 Å². The lowest BCUT2D eigenvalue weighted by Crippen LogP contribution is -2.26. The Labute approximate surface area is 119 Å². The number of pyridine rings is 1. The first-order valence-electron chi connectivity index (χ1n) is 5.72. The molecule has 0 spiro atoms. The molecule has 2 heterocycles. The van der Waals surface area contributed by atoms with Crippen molar-refractivity contribution in [3.05, 3.63) is 23.1 Å². The van der Waals surface area contributed by atoms with Crippen LogP contribution in [0, 0.1) is 11.7 Å². The Kier molecular flexibility index (Phi) is 4.42. The number of aromatic nitrogens is 1. The number of carbonyl (C=O) groups excluding carboxylic acids is 2. The molecular weight excluding hydrogens is 291 g/mol. The fraction of sp³-hybridized carbons (Fsp3) is 0.417. The SMILES string of the molecule is CC(=O)SCC1CC(=O)N(c2ncc(Cl)cc2F)C1. The van der Waals surface area contributed by atoms with E-state index in [9.17, 15) is 14.0 Å². The molecule has 0 aromatic carbocycles. The van der Waals surface area contributed by atoms with Gasteiger partial charge in [-0.1, -0.05) is 23.4 Å². The number of hydrogen-bond acceptors (Lipinski definition) is 4. The van der Waals surface area contributed by atoms with E-state index in [0.717, 1.165) is 6.07 Å². The third-order valence-electron chi connectivity index (χ3n) is 2.77. The molecule has 1 unspecified atom stereocenters. The van der Waals surface area contributed by atoms with Crippen LogP contribution in [0.4, 0.5) is 10.2 Å². The van der Waals surface area contributed by atoms with Gasteiger partial charge in [-0.2, -0.15) is 0 Å². The average Bonchev–Trinajstić information content (AvgIpc) is 2.68. The maximum atomic E-state index is 13.7. The minimum Gasteiger partial charge on any atom is -0.294 e. The molecule has 1 aromatic heterocycles. The highest BCUT2D eigenvalue weighted by Gasteiger charge is 2.33. The quantitative estimate of drug-likeness (QED) is 0.861. The largest absolute Gasteiger partial charge is 0.294 e. The summed E-state index contributed by atoms with van der Waals surface area (Å²) in [5.41, 5.74) is 0. The lowest BCUT2D eigenvalue weighted by atomic mass is 10.1. The predicted molar refractivity (Wildman–Crippen MR) is 72.8 cm³/mol. The molecule has 102 valence electrons. The molecule has 0 saturated carbocycles. The van der Waals surface area contributed by atoms with Gasteiger partial charge in [0.15, 0.2) is 16.8 Å². The Hall–Kier alpha value is -1.14. The minimum absolute atomic E-state index is 0.00438. The first kappa shape index (κ1) is 14.3. The van der Waals surface area contributed by atoms with Gasteiger partial charge in [0.05, 0.1) is 5.02 Å². The zero-order valence-electron chi connectivity index (χ0n) is 10.2. The smallest absolute Gasteiger partial charge is 0.228 e. The first-order chi connectivity index (χ1) is 8.97. The van der Waals surface area contributed by atoms with Crippen molar-refractivity contribution in [2.75, 3.05) is 17.2 Å². The molecule has 1 aliphatic rings. The summed E-state index contributed by atoms with van der Waals surface area (Å²) in [5.74, 6) is -0.182. The molecule has 0 radical (unpaired) electrons. The van der Waals surface area contributed by atoms with Crippen LogP contribution in [0.25, 0.3) is 0 Å². The molecular formula is C12H12ClFN2O2S. The summed E-state index contributed by atoms with van der Waals surface area (Å²) in [5, 5.41) is 0.207. The zero-order chi connectivity index (χ0) is 14.0. The van der Waals surface area contributed by atoms with Gasteiger partial charge in [0.1, 0.15) is 0 Å². The number of amides is 1. The van der Waals surface area contributed by atoms with E-state index in [1.54, 1.807) is 0 Å². The standard InChI is InChI=1S/C12H12ClFN2O2S/c1-7(17)19-6-8-2-11(18)16(5-8)12-10(14)3-9(13)4-15-12/h3-4,8H,2,5-6H2,1H3. The van der Waals surface area contributed by atoms with Crippen LogP contribution in [0.15, 0.2) is 12.3 Å². The highest BCUT2D eigenvalue weighted by molar-refractivity contribution is 8.13. The minimum atomic E-state index is -0.610. The fourth-order valence-electron chi connectivity index (χ4n) is 1.94. The lowest BCUT2D eigenvalue weighted by molar-refractivity contribution is -0.117. The van der Waals surface area contributed by atoms with Gasteiger partial charge in [-0.25, -0.2) is 9.37 Å². The summed E-state index contributed by atoms with van der Waals surface area (Å²) >= 11 is 6.81. The molecule has 0 N–H and O–H groups in total. The lowest BCUT2D eigenvalue weighted by Gasteiger charge is -2.16. The van der Waals surface area contributed by atoms with Gasteiger partial charge in [0, 0.05) is 31.8 Å². The van der Waals surface area contributed by atoms with Gasteiger partial charge in [-0.3, -0.25) is 14.5 Å². The van der Waals surface area contributed by atoms with Crippen LogP contribution in [-0.2, 0) is 9.59 Å². The second-order valence-corrected chi connectivity index (χ2v) is 5.97. The maximum absolute atomic E-state index is 13.7. The van der Waals surface area contributed by atoms with Crippen molar-refractivity contribution in [2.45, 2.75) is 13.3 Å². The van der Waals surface area contributed by atoms with E-state index in [1.165, 1.54) is 29.8 Å². The molecule has 7 heteroatoms. The molecule has 1 atom stereocenters. The molecule has 1 amide bonds. The Morgan fingerprint density at radius 3 is 3.05 bits per heavy atom. The topological polar surface area (TPSA) is 50.3 Å². The normalized spacial score (nSPS) is 19.0. The number of halogens is 2. The number of thioether (sulfide) groups is 1. The van der Waals surface area contributed by atoms with Crippen LogP contribution < -0.4 is 4.90 Å². The van der Waals surface area contributed by atoms with Crippen LogP contribution in [-0.4, -0.2) is 28.3 Å². The predicted octanol–water partition coefficient (Wildman–Crippen LogP) is 2.51. The fourth-order valence-corrected chi connectivity index (χ4v) is 2.78. The van der Waals surface area contributed by atoms with Gasteiger partial charge in [-0.05, 0) is 12.0 Å². The third kappa shape index (κ3) is 3.45. The molecule has 0 bridgehead atoms. The van der Waals surface area contributed by atoms with Gasteiger partial charge >= 0.3 is 0 Å². The Morgan fingerprint density at radius 2 is 2.42 bits per heavy atom. The van der Waals surface area contributed by atoms with Gasteiger partial charge in [-0.15, -0.1) is 0 Å². The Balaban J connectivity index is 2.09. The first-order valence-corrected chi connectivity index (χ1v) is 7.08. The molecule has 2 rings (SSSR count). The maximum Gasteiger partial charge on any atom is 0.228 e. The summed E-state index contributed by atoms with van der Waals surface area (Å²) in [6, 6.07) is 1.13. The van der Waals surface area contributed by atoms with Gasteiger partial charge < -0.3 is 0 Å². The molecule has 1 aromatic rings. The van der Waals surface area contributed by atoms with Crippen LogP contribution in [0.1, 0.15) is 13.3 Å². The van der Waals surface area contributed by atoms with Crippen molar-refractivity contribution in [2.24, 2.45) is 5.92 Å². The molecule has 1 fully saturated rings. The van der Waals surface area contributed by atoms with Crippen LogP contribution in [0.5, 0.6) is 0 Å². The Morgan fingerprint density at radius 1 is 1.68 bits per heavy atom. The number of nitrogens with zero attached hydrogens (tertiary/aromatic N) is 2. The number of anilines is 1. The van der Waals surface area contributed by atoms with Crippen molar-refractivity contribution < 1.29 is 14.0 Å². The van der Waals surface area contributed by atoms with E-state index in [4.69, 9.17) is 11.6 Å². The van der Waals surface area contributed by atoms with Crippen molar-refractivity contribution in [3.63, 3.8) is 0 Å². The van der Waals surface area contributed by atoms with E-state index in [2.05, 4.69) is 4.98 Å². The number of carbonyl (C=O) groups is 2. The van der Waals surface area contributed by atoms with Crippen LogP contribution >= 0.6 is 23.4 Å². The summed E-state index contributed by atoms with van der Waals surface area (Å²) in [4.78, 5) is 27.9. The van der Waals surface area contributed by atoms with Crippen molar-refractivity contribution >= 4 is 40.2 Å². The summed E-state index contributed by atoms with van der Waals surface area (Å²) in [6.45, 7) is 1.87. The highest BCUT2D eigenvalue weighted by Crippen LogP contribution is 2.28. The van der Waals surface area contributed by atoms with E-state index in [1.807, 2.05) is 0 Å². The van der Waals surface area contributed by atoms with Gasteiger partial charge in [0.2, 0.25) is 5.91 Å². The second-order valence-electron chi connectivity index (χ2n) is 4.34. The zero-order valence-corrected chi connectivity index (χ0v) is 11.8. The Bertz CT molecular complexity index is 526. The summed E-state index contributed by atoms with van der Waals surface area (Å²) < 4.78 is 13.7. The van der Waals surface area contributed by atoms with Crippen molar-refractivity contribution in [1.82, 2.24) is 4.98 Å². The summed E-state index contributed by atoms with van der Waals surface area (Å²) in [6.07, 6.45) is 1.62. The van der Waals surface area contributed by atoms with Crippen LogP contribution in [0.2, 0.25) is 5.02 Å². The van der Waals surface area contributed by atoms with E-state index in [0.29, 0.717) is 18.7 Å². The number of hydrogen-bond donors (Lipinski definition) is 0. The highest BCUT2D eigenvalue weighted by atomic mass is 35.5. The van der Waals surface area contributed by atoms with Crippen molar-refractivity contribution in [1.29, 1.82) is 0 Å². The second kappa shape index (κ2) is 5.88. The molecule has 0 aliphatic carbocycles. The molecule has 1 aliphatic heterocycles. The van der Waals surface area contributed by atoms with Crippen molar-refractivity contribution in [3.8, 4) is 0 Å². The molecule has 4 nitrogen and oxygen atoms in total.